The number of hydrogen-bond acceptors (Lipinski definition) is 8. The van der Waals surface area contributed by atoms with Crippen molar-refractivity contribution in [1.82, 2.24) is 9.96 Å². The molecule has 2 fully saturated rings. The smallest absolute Gasteiger partial charge is 0.347 e. The van der Waals surface area contributed by atoms with Crippen LogP contribution in [0.15, 0.2) is 0 Å². The molecule has 0 aromatic heterocycles. The van der Waals surface area contributed by atoms with Gasteiger partial charge in [0.25, 0.3) is 0 Å². The van der Waals surface area contributed by atoms with Crippen LogP contribution in [0.4, 0.5) is 4.79 Å². The number of nitrogens with two attached hydrogens (primary N) is 1. The SMILES string of the molecule is CC1(O)CN([C@@H]2O[C@H](CO)[C@@H](O)[C@H]2O)C(=O)N(O)C1N. The van der Waals surface area contributed by atoms with E-state index >= 15 is 0 Å². The molecule has 2 aliphatic heterocycles. The first-order valence-corrected chi connectivity index (χ1v) is 6.10. The topological polar surface area (TPSA) is 160 Å². The molecule has 0 aliphatic carbocycles. The summed E-state index contributed by atoms with van der Waals surface area (Å²) < 4.78 is 5.19. The van der Waals surface area contributed by atoms with E-state index in [2.05, 4.69) is 0 Å². The van der Waals surface area contributed by atoms with Crippen LogP contribution in [0, 0.1) is 0 Å². The van der Waals surface area contributed by atoms with Crippen molar-refractivity contribution in [3.05, 3.63) is 0 Å². The molecule has 20 heavy (non-hydrogen) atoms. The number of hydroxylamine groups is 2. The van der Waals surface area contributed by atoms with Gasteiger partial charge >= 0.3 is 6.03 Å². The number of ether oxygens (including phenoxy) is 1. The number of hydrogen-bond donors (Lipinski definition) is 6. The lowest BCUT2D eigenvalue weighted by molar-refractivity contribution is -0.203. The van der Waals surface area contributed by atoms with Gasteiger partial charge in [0.1, 0.15) is 30.1 Å². The molecule has 10 nitrogen and oxygen atoms in total. The summed E-state index contributed by atoms with van der Waals surface area (Å²) in [6, 6.07) is -0.973. The predicted octanol–water partition coefficient (Wildman–Crippen LogP) is -3.41. The van der Waals surface area contributed by atoms with Gasteiger partial charge in [-0.05, 0) is 6.92 Å². The first kappa shape index (κ1) is 15.4. The molecule has 6 atom stereocenters. The number of nitrogens with zero attached hydrogens (tertiary/aromatic N) is 2. The summed E-state index contributed by atoms with van der Waals surface area (Å²) in [5, 5.41) is 48.3. The minimum absolute atomic E-state index is 0.137. The molecule has 116 valence electrons. The second-order valence-electron chi connectivity index (χ2n) is 5.29. The van der Waals surface area contributed by atoms with E-state index in [0.717, 1.165) is 4.90 Å². The van der Waals surface area contributed by atoms with Crippen molar-refractivity contribution in [3.8, 4) is 0 Å². The molecule has 0 aromatic rings. The van der Waals surface area contributed by atoms with Gasteiger partial charge in [0, 0.05) is 0 Å². The second kappa shape index (κ2) is 5.07. The molecule has 2 heterocycles. The molecule has 2 aliphatic rings. The first-order chi connectivity index (χ1) is 9.20. The molecule has 7 N–H and O–H groups in total. The molecule has 2 unspecified atom stereocenters. The average Bonchev–Trinajstić information content (AvgIpc) is 2.68. The molecular weight excluding hydrogens is 274 g/mol. The number of carbonyl (C=O) groups excluding carboxylic acids is 1. The number of β-amino-alcohol motifs (C(OH)–C–C–N with tert-alkyl or cyclic N) is 1. The van der Waals surface area contributed by atoms with E-state index in [1.807, 2.05) is 0 Å². The Morgan fingerprint density at radius 1 is 1.45 bits per heavy atom. The first-order valence-electron chi connectivity index (χ1n) is 6.10. The molecule has 2 rings (SSSR count). The Morgan fingerprint density at radius 3 is 2.55 bits per heavy atom. The highest BCUT2D eigenvalue weighted by Crippen LogP contribution is 2.29. The number of urea groups is 1. The zero-order valence-electron chi connectivity index (χ0n) is 10.8. The summed E-state index contributed by atoms with van der Waals surface area (Å²) in [5.74, 6) is 0. The largest absolute Gasteiger partial charge is 0.394 e. The fourth-order valence-electron chi connectivity index (χ4n) is 2.36. The Kier molecular flexibility index (Phi) is 3.90. The van der Waals surface area contributed by atoms with Gasteiger partial charge in [0.05, 0.1) is 13.2 Å². The lowest BCUT2D eigenvalue weighted by Crippen LogP contribution is -2.71. The maximum absolute atomic E-state index is 11.9. The second-order valence-corrected chi connectivity index (χ2v) is 5.29. The Bertz CT molecular complexity index is 393. The van der Waals surface area contributed by atoms with Gasteiger partial charge in [-0.25, -0.2) is 4.79 Å². The number of aliphatic hydroxyl groups is 4. The zero-order chi connectivity index (χ0) is 15.2. The third-order valence-electron chi connectivity index (χ3n) is 3.66. The molecule has 2 saturated heterocycles. The summed E-state index contributed by atoms with van der Waals surface area (Å²) in [7, 11) is 0. The van der Waals surface area contributed by atoms with E-state index in [-0.39, 0.29) is 11.6 Å². The van der Waals surface area contributed by atoms with E-state index < -0.39 is 48.9 Å². The van der Waals surface area contributed by atoms with Crippen LogP contribution in [0.25, 0.3) is 0 Å². The molecule has 10 heteroatoms. The minimum Gasteiger partial charge on any atom is -0.394 e. The lowest BCUT2D eigenvalue weighted by atomic mass is 9.99. The van der Waals surface area contributed by atoms with E-state index in [0.29, 0.717) is 0 Å². The highest BCUT2D eigenvalue weighted by molar-refractivity contribution is 5.75. The van der Waals surface area contributed by atoms with Crippen molar-refractivity contribution < 1.29 is 35.2 Å². The van der Waals surface area contributed by atoms with E-state index in [1.54, 1.807) is 0 Å². The molecule has 0 bridgehead atoms. The molecule has 0 saturated carbocycles. The Hall–Kier alpha value is -1.01. The van der Waals surface area contributed by atoms with Crippen LogP contribution in [-0.4, -0.2) is 91.1 Å². The summed E-state index contributed by atoms with van der Waals surface area (Å²) >= 11 is 0. The van der Waals surface area contributed by atoms with Gasteiger partial charge in [-0.3, -0.25) is 10.1 Å². The maximum atomic E-state index is 11.9. The Morgan fingerprint density at radius 2 is 2.05 bits per heavy atom. The summed E-state index contributed by atoms with van der Waals surface area (Å²) in [5.41, 5.74) is 3.86. The third kappa shape index (κ3) is 2.24. The van der Waals surface area contributed by atoms with E-state index in [1.165, 1.54) is 6.92 Å². The standard InChI is InChI=1S/C10H19N3O7/c1-10(18)3-12(9(17)13(19)8(10)11)7-6(16)5(15)4(2-14)20-7/h4-8,14-16,18-19H,2-3,11H2,1H3/t4-,5-,6-,7-,8?,10?/m1/s1. The fourth-order valence-corrected chi connectivity index (χ4v) is 2.36. The maximum Gasteiger partial charge on any atom is 0.347 e. The number of amides is 2. The van der Waals surface area contributed by atoms with Crippen molar-refractivity contribution in [2.24, 2.45) is 5.73 Å². The van der Waals surface area contributed by atoms with Crippen LogP contribution < -0.4 is 5.73 Å². The molecular formula is C10H19N3O7. The van der Waals surface area contributed by atoms with Crippen LogP contribution in [-0.2, 0) is 4.74 Å². The summed E-state index contributed by atoms with van der Waals surface area (Å²) in [6.45, 7) is 0.452. The van der Waals surface area contributed by atoms with Crippen LogP contribution in [0.3, 0.4) is 0 Å². The summed E-state index contributed by atoms with van der Waals surface area (Å²) in [4.78, 5) is 12.8. The monoisotopic (exact) mass is 293 g/mol. The number of aliphatic hydroxyl groups excluding tert-OH is 3. The van der Waals surface area contributed by atoms with Gasteiger partial charge in [0.15, 0.2) is 6.23 Å². The van der Waals surface area contributed by atoms with Crippen molar-refractivity contribution in [3.63, 3.8) is 0 Å². The van der Waals surface area contributed by atoms with Crippen molar-refractivity contribution >= 4 is 6.03 Å². The third-order valence-corrected chi connectivity index (χ3v) is 3.66. The number of rotatable bonds is 2. The van der Waals surface area contributed by atoms with Crippen LogP contribution >= 0.6 is 0 Å². The lowest BCUT2D eigenvalue weighted by Gasteiger charge is -2.46. The van der Waals surface area contributed by atoms with Crippen LogP contribution in [0.5, 0.6) is 0 Å². The highest BCUT2D eigenvalue weighted by atomic mass is 16.6. The van der Waals surface area contributed by atoms with Crippen LogP contribution in [0.2, 0.25) is 0 Å². The zero-order valence-corrected chi connectivity index (χ0v) is 10.8. The molecule has 0 spiro atoms. The van der Waals surface area contributed by atoms with Gasteiger partial charge in [-0.15, -0.1) is 0 Å². The minimum atomic E-state index is -1.64. The number of carbonyl (C=O) groups is 1. The molecule has 0 radical (unpaired) electrons. The average molecular weight is 293 g/mol. The molecule has 2 amide bonds. The normalized spacial score (nSPS) is 46.1. The predicted molar refractivity (Wildman–Crippen MR) is 62.1 cm³/mol. The molecule has 0 aromatic carbocycles. The quantitative estimate of drug-likeness (QED) is 0.287. The van der Waals surface area contributed by atoms with Crippen molar-refractivity contribution in [2.75, 3.05) is 13.2 Å². The highest BCUT2D eigenvalue weighted by Gasteiger charge is 2.53. The van der Waals surface area contributed by atoms with Gasteiger partial charge in [-0.1, -0.05) is 0 Å². The van der Waals surface area contributed by atoms with Gasteiger partial charge in [0.2, 0.25) is 0 Å². The fraction of sp³-hybridized carbons (Fsp3) is 0.900. The Labute approximate surface area is 114 Å². The van der Waals surface area contributed by atoms with Gasteiger partial charge in [-0.2, -0.15) is 5.06 Å². The van der Waals surface area contributed by atoms with E-state index in [9.17, 15) is 25.3 Å². The van der Waals surface area contributed by atoms with Gasteiger partial charge < -0.3 is 30.9 Å². The summed E-state index contributed by atoms with van der Waals surface area (Å²) in [6.07, 6.45) is -6.55. The van der Waals surface area contributed by atoms with E-state index in [4.69, 9.17) is 15.6 Å². The van der Waals surface area contributed by atoms with Crippen molar-refractivity contribution in [2.45, 2.75) is 43.2 Å². The van der Waals surface area contributed by atoms with Crippen molar-refractivity contribution in [1.29, 1.82) is 0 Å². The Balaban J connectivity index is 2.22. The van der Waals surface area contributed by atoms with Crippen LogP contribution in [0.1, 0.15) is 6.92 Å².